The van der Waals surface area contributed by atoms with E-state index < -0.39 is 0 Å². The Kier molecular flexibility index (Phi) is 8.25. The van der Waals surface area contributed by atoms with Crippen molar-refractivity contribution in [2.75, 3.05) is 13.2 Å². The molecule has 0 aliphatic heterocycles. The van der Waals surface area contributed by atoms with Gasteiger partial charge in [-0.3, -0.25) is 4.79 Å². The second-order valence-electron chi connectivity index (χ2n) is 5.29. The average Bonchev–Trinajstić information content (AvgIpc) is 2.62. The molecule has 0 bridgehead atoms. The van der Waals surface area contributed by atoms with E-state index in [4.69, 9.17) is 32.7 Å². The number of halogens is 2. The van der Waals surface area contributed by atoms with Crippen LogP contribution in [0.25, 0.3) is 0 Å². The van der Waals surface area contributed by atoms with E-state index in [-0.39, 0.29) is 12.3 Å². The summed E-state index contributed by atoms with van der Waals surface area (Å²) in [5.41, 5.74) is 3.30. The molecular formula is C19H20Cl2N2O3. The standard InChI is InChI=1S/C19H20Cl2N2O3/c1-2-25-17-7-4-3-6-14(17)13-22-23-19(24)8-5-11-26-18-10-9-15(20)12-16(18)21/h3-4,6-7,9-10,12-13H,2,5,8,11H2,1H3,(H,23,24)/b22-13-. The number of benzene rings is 2. The molecule has 138 valence electrons. The zero-order valence-corrected chi connectivity index (χ0v) is 15.9. The molecule has 2 aromatic rings. The minimum absolute atomic E-state index is 0.194. The van der Waals surface area contributed by atoms with Crippen LogP contribution in [0, 0.1) is 0 Å². The number of carbonyl (C=O) groups excluding carboxylic acids is 1. The average molecular weight is 395 g/mol. The maximum Gasteiger partial charge on any atom is 0.240 e. The zero-order chi connectivity index (χ0) is 18.8. The minimum Gasteiger partial charge on any atom is -0.493 e. The molecule has 0 atom stereocenters. The largest absolute Gasteiger partial charge is 0.493 e. The fraction of sp³-hybridized carbons (Fsp3) is 0.263. The highest BCUT2D eigenvalue weighted by molar-refractivity contribution is 6.35. The zero-order valence-electron chi connectivity index (χ0n) is 14.4. The van der Waals surface area contributed by atoms with E-state index in [1.165, 1.54) is 0 Å². The van der Waals surface area contributed by atoms with Gasteiger partial charge >= 0.3 is 0 Å². The number of amides is 1. The smallest absolute Gasteiger partial charge is 0.240 e. The Morgan fingerprint density at radius 3 is 2.73 bits per heavy atom. The maximum atomic E-state index is 11.8. The predicted molar refractivity (Wildman–Crippen MR) is 105 cm³/mol. The van der Waals surface area contributed by atoms with Crippen LogP contribution in [0.2, 0.25) is 10.0 Å². The lowest BCUT2D eigenvalue weighted by molar-refractivity contribution is -0.121. The molecule has 0 spiro atoms. The summed E-state index contributed by atoms with van der Waals surface area (Å²) in [7, 11) is 0. The van der Waals surface area contributed by atoms with Crippen LogP contribution in [0.5, 0.6) is 11.5 Å². The first-order valence-electron chi connectivity index (χ1n) is 8.21. The van der Waals surface area contributed by atoms with Crippen LogP contribution in [-0.4, -0.2) is 25.3 Å². The quantitative estimate of drug-likeness (QED) is 0.380. The molecule has 0 saturated carbocycles. The van der Waals surface area contributed by atoms with Crippen LogP contribution in [0.4, 0.5) is 0 Å². The lowest BCUT2D eigenvalue weighted by Crippen LogP contribution is -2.18. The van der Waals surface area contributed by atoms with Gasteiger partial charge in [-0.1, -0.05) is 35.3 Å². The van der Waals surface area contributed by atoms with E-state index >= 15 is 0 Å². The summed E-state index contributed by atoms with van der Waals surface area (Å²) in [4.78, 5) is 11.8. The number of carbonyl (C=O) groups is 1. The van der Waals surface area contributed by atoms with Crippen LogP contribution in [-0.2, 0) is 4.79 Å². The van der Waals surface area contributed by atoms with Crippen molar-refractivity contribution >= 4 is 35.3 Å². The summed E-state index contributed by atoms with van der Waals surface area (Å²) in [6, 6.07) is 12.5. The lowest BCUT2D eigenvalue weighted by Gasteiger charge is -2.08. The predicted octanol–water partition coefficient (Wildman–Crippen LogP) is 4.70. The van der Waals surface area contributed by atoms with Gasteiger partial charge in [0.2, 0.25) is 5.91 Å². The van der Waals surface area contributed by atoms with E-state index in [9.17, 15) is 4.79 Å². The first-order valence-corrected chi connectivity index (χ1v) is 8.97. The highest BCUT2D eigenvalue weighted by Crippen LogP contribution is 2.27. The fourth-order valence-corrected chi connectivity index (χ4v) is 2.57. The van der Waals surface area contributed by atoms with E-state index in [1.807, 2.05) is 31.2 Å². The van der Waals surface area contributed by atoms with Gasteiger partial charge in [-0.2, -0.15) is 5.10 Å². The van der Waals surface area contributed by atoms with Gasteiger partial charge in [0, 0.05) is 17.0 Å². The van der Waals surface area contributed by atoms with Crippen LogP contribution in [0.1, 0.15) is 25.3 Å². The SMILES string of the molecule is CCOc1ccccc1/C=N\NC(=O)CCCOc1ccc(Cl)cc1Cl. The summed E-state index contributed by atoms with van der Waals surface area (Å²) in [6.07, 6.45) is 2.39. The molecule has 0 aliphatic carbocycles. The molecule has 1 amide bonds. The van der Waals surface area contributed by atoms with Gasteiger partial charge in [-0.15, -0.1) is 0 Å². The number of nitrogens with one attached hydrogen (secondary N) is 1. The van der Waals surface area contributed by atoms with Gasteiger partial charge in [0.05, 0.1) is 24.5 Å². The number of nitrogens with zero attached hydrogens (tertiary/aromatic N) is 1. The summed E-state index contributed by atoms with van der Waals surface area (Å²) < 4.78 is 11.0. The van der Waals surface area contributed by atoms with E-state index in [1.54, 1.807) is 24.4 Å². The molecule has 7 heteroatoms. The summed E-state index contributed by atoms with van der Waals surface area (Å²) in [5.74, 6) is 1.07. The van der Waals surface area contributed by atoms with Crippen molar-refractivity contribution in [3.05, 3.63) is 58.1 Å². The van der Waals surface area contributed by atoms with Crippen LogP contribution in [0.3, 0.4) is 0 Å². The first-order chi connectivity index (χ1) is 12.6. The van der Waals surface area contributed by atoms with E-state index in [0.717, 1.165) is 11.3 Å². The van der Waals surface area contributed by atoms with Gasteiger partial charge in [0.1, 0.15) is 11.5 Å². The third-order valence-corrected chi connectivity index (χ3v) is 3.84. The fourth-order valence-electron chi connectivity index (χ4n) is 2.11. The normalized spacial score (nSPS) is 10.7. The summed E-state index contributed by atoms with van der Waals surface area (Å²) in [6.45, 7) is 2.84. The molecule has 5 nitrogen and oxygen atoms in total. The molecule has 0 fully saturated rings. The molecule has 2 aromatic carbocycles. The highest BCUT2D eigenvalue weighted by atomic mass is 35.5. The molecule has 1 N–H and O–H groups in total. The number of hydrazone groups is 1. The second kappa shape index (κ2) is 10.7. The van der Waals surface area contributed by atoms with Gasteiger partial charge in [-0.25, -0.2) is 5.43 Å². The molecule has 0 aromatic heterocycles. The molecule has 0 radical (unpaired) electrons. The Morgan fingerprint density at radius 2 is 1.96 bits per heavy atom. The molecule has 0 heterocycles. The van der Waals surface area contributed by atoms with Gasteiger partial charge in [0.15, 0.2) is 0 Å². The third-order valence-electron chi connectivity index (χ3n) is 3.31. The Balaban J connectivity index is 1.72. The van der Waals surface area contributed by atoms with E-state index in [2.05, 4.69) is 10.5 Å². The number of para-hydroxylation sites is 1. The van der Waals surface area contributed by atoms with Crippen LogP contribution in [0.15, 0.2) is 47.6 Å². The van der Waals surface area contributed by atoms with Crippen LogP contribution < -0.4 is 14.9 Å². The third kappa shape index (κ3) is 6.58. The van der Waals surface area contributed by atoms with Gasteiger partial charge < -0.3 is 9.47 Å². The summed E-state index contributed by atoms with van der Waals surface area (Å²) in [5, 5.41) is 4.95. The van der Waals surface area contributed by atoms with Crippen LogP contribution >= 0.6 is 23.2 Å². The van der Waals surface area contributed by atoms with Gasteiger partial charge in [0.25, 0.3) is 0 Å². The molecule has 0 unspecified atom stereocenters. The molecule has 26 heavy (non-hydrogen) atoms. The number of hydrogen-bond acceptors (Lipinski definition) is 4. The molecule has 0 aliphatic rings. The van der Waals surface area contributed by atoms with Crippen molar-refractivity contribution in [1.82, 2.24) is 5.43 Å². The summed E-state index contributed by atoms with van der Waals surface area (Å²) >= 11 is 11.8. The Hall–Kier alpha value is -2.24. The Morgan fingerprint density at radius 1 is 1.15 bits per heavy atom. The Bertz CT molecular complexity index is 766. The number of ether oxygens (including phenoxy) is 2. The van der Waals surface area contributed by atoms with Crippen molar-refractivity contribution in [3.8, 4) is 11.5 Å². The molecule has 2 rings (SSSR count). The van der Waals surface area contributed by atoms with E-state index in [0.29, 0.717) is 35.4 Å². The second-order valence-corrected chi connectivity index (χ2v) is 6.13. The van der Waals surface area contributed by atoms with Gasteiger partial charge in [-0.05, 0) is 43.7 Å². The highest BCUT2D eigenvalue weighted by Gasteiger charge is 2.04. The molecule has 0 saturated heterocycles. The number of hydrogen-bond donors (Lipinski definition) is 1. The lowest BCUT2D eigenvalue weighted by atomic mass is 10.2. The Labute approximate surface area is 162 Å². The van der Waals surface area contributed by atoms with Crippen molar-refractivity contribution in [2.24, 2.45) is 5.10 Å². The van der Waals surface area contributed by atoms with Crippen molar-refractivity contribution in [2.45, 2.75) is 19.8 Å². The van der Waals surface area contributed by atoms with Crippen molar-refractivity contribution in [3.63, 3.8) is 0 Å². The maximum absolute atomic E-state index is 11.8. The molecular weight excluding hydrogens is 375 g/mol. The first kappa shape index (κ1) is 20.1. The minimum atomic E-state index is -0.194. The number of rotatable bonds is 9. The van der Waals surface area contributed by atoms with Crippen molar-refractivity contribution < 1.29 is 14.3 Å². The monoisotopic (exact) mass is 394 g/mol. The van der Waals surface area contributed by atoms with Crippen molar-refractivity contribution in [1.29, 1.82) is 0 Å². The topological polar surface area (TPSA) is 59.9 Å².